The number of aliphatic imine (C=N–C) groups is 1. The molecule has 23 heavy (non-hydrogen) atoms. The summed E-state index contributed by atoms with van der Waals surface area (Å²) < 4.78 is 12.1. The van der Waals surface area contributed by atoms with Crippen LogP contribution in [0.3, 0.4) is 0 Å². The standard InChI is InChI=1S/C18H35N3OS/c1-4-19-17(20-14-18(3)11-6-7-12-18)21-15-9-8-10-16(13-15)23(22)5-2/h15-16H,4-14H2,1-3H3,(H2,19,20,21). The maximum absolute atomic E-state index is 12.1. The summed E-state index contributed by atoms with van der Waals surface area (Å²) in [5.41, 5.74) is 0.390. The van der Waals surface area contributed by atoms with Crippen molar-refractivity contribution >= 4 is 16.8 Å². The van der Waals surface area contributed by atoms with E-state index in [1.165, 1.54) is 38.5 Å². The molecule has 3 unspecified atom stereocenters. The number of hydrogen-bond acceptors (Lipinski definition) is 2. The van der Waals surface area contributed by atoms with Gasteiger partial charge in [0.2, 0.25) is 0 Å². The van der Waals surface area contributed by atoms with Gasteiger partial charge >= 0.3 is 0 Å². The van der Waals surface area contributed by atoms with Crippen molar-refractivity contribution in [2.24, 2.45) is 10.4 Å². The van der Waals surface area contributed by atoms with E-state index in [1.807, 2.05) is 6.92 Å². The van der Waals surface area contributed by atoms with Crippen molar-refractivity contribution in [3.63, 3.8) is 0 Å². The molecule has 0 aromatic rings. The molecule has 2 N–H and O–H groups in total. The number of guanidine groups is 1. The van der Waals surface area contributed by atoms with Crippen molar-refractivity contribution < 1.29 is 4.21 Å². The fourth-order valence-electron chi connectivity index (χ4n) is 3.92. The van der Waals surface area contributed by atoms with Crippen LogP contribution in [0.5, 0.6) is 0 Å². The van der Waals surface area contributed by atoms with Gasteiger partial charge in [0.25, 0.3) is 0 Å². The van der Waals surface area contributed by atoms with Crippen LogP contribution in [0, 0.1) is 5.41 Å². The predicted octanol–water partition coefficient (Wildman–Crippen LogP) is 3.20. The Labute approximate surface area is 144 Å². The van der Waals surface area contributed by atoms with Gasteiger partial charge in [0, 0.05) is 40.9 Å². The molecule has 2 aliphatic rings. The summed E-state index contributed by atoms with van der Waals surface area (Å²) in [5, 5.41) is 7.37. The minimum absolute atomic E-state index is 0.362. The van der Waals surface area contributed by atoms with Crippen molar-refractivity contribution in [2.75, 3.05) is 18.8 Å². The molecular formula is C18H35N3OS. The van der Waals surface area contributed by atoms with Gasteiger partial charge in [-0.25, -0.2) is 0 Å². The van der Waals surface area contributed by atoms with Gasteiger partial charge in [-0.1, -0.05) is 33.1 Å². The smallest absolute Gasteiger partial charge is 0.191 e. The molecule has 2 fully saturated rings. The predicted molar refractivity (Wildman–Crippen MR) is 100 cm³/mol. The van der Waals surface area contributed by atoms with Crippen molar-refractivity contribution in [3.05, 3.63) is 0 Å². The molecule has 0 aromatic heterocycles. The highest BCUT2D eigenvalue weighted by atomic mass is 32.2. The summed E-state index contributed by atoms with van der Waals surface area (Å²) in [6.07, 6.45) is 9.77. The van der Waals surface area contributed by atoms with Gasteiger partial charge < -0.3 is 10.6 Å². The lowest BCUT2D eigenvalue weighted by atomic mass is 9.89. The molecule has 5 heteroatoms. The molecule has 0 amide bonds. The van der Waals surface area contributed by atoms with Gasteiger partial charge in [-0.2, -0.15) is 0 Å². The molecule has 0 aliphatic heterocycles. The molecule has 2 aliphatic carbocycles. The van der Waals surface area contributed by atoms with Crippen LogP contribution >= 0.6 is 0 Å². The lowest BCUT2D eigenvalue weighted by Crippen LogP contribution is -2.47. The van der Waals surface area contributed by atoms with Crippen molar-refractivity contribution in [3.8, 4) is 0 Å². The Morgan fingerprint density at radius 3 is 2.61 bits per heavy atom. The maximum atomic E-state index is 12.1. The molecule has 4 nitrogen and oxygen atoms in total. The van der Waals surface area contributed by atoms with Crippen molar-refractivity contribution in [1.29, 1.82) is 0 Å². The molecule has 3 atom stereocenters. The van der Waals surface area contributed by atoms with Gasteiger partial charge in [0.15, 0.2) is 5.96 Å². The molecular weight excluding hydrogens is 306 g/mol. The van der Waals surface area contributed by atoms with E-state index in [-0.39, 0.29) is 0 Å². The summed E-state index contributed by atoms with van der Waals surface area (Å²) in [4.78, 5) is 4.87. The lowest BCUT2D eigenvalue weighted by Gasteiger charge is -2.30. The average Bonchev–Trinajstić information content (AvgIpc) is 2.99. The van der Waals surface area contributed by atoms with Crippen LogP contribution in [0.25, 0.3) is 0 Å². The third kappa shape index (κ3) is 5.77. The Morgan fingerprint density at radius 2 is 1.96 bits per heavy atom. The summed E-state index contributed by atoms with van der Waals surface area (Å²) in [5.74, 6) is 1.73. The second-order valence-corrected chi connectivity index (χ2v) is 9.52. The van der Waals surface area contributed by atoms with E-state index in [4.69, 9.17) is 4.99 Å². The highest BCUT2D eigenvalue weighted by Crippen LogP contribution is 2.37. The van der Waals surface area contributed by atoms with Gasteiger partial charge in [-0.15, -0.1) is 0 Å². The SMILES string of the molecule is CCNC(=NCC1(C)CCCC1)NC1CCCC(S(=O)CC)C1. The topological polar surface area (TPSA) is 53.5 Å². The lowest BCUT2D eigenvalue weighted by molar-refractivity contribution is 0.349. The Kier molecular flexibility index (Phi) is 7.38. The first-order valence-electron chi connectivity index (χ1n) is 9.48. The molecule has 134 valence electrons. The van der Waals surface area contributed by atoms with E-state index in [0.29, 0.717) is 16.7 Å². The minimum Gasteiger partial charge on any atom is -0.357 e. The van der Waals surface area contributed by atoms with E-state index < -0.39 is 10.8 Å². The van der Waals surface area contributed by atoms with Crippen molar-refractivity contribution in [2.45, 2.75) is 83.4 Å². The third-order valence-electron chi connectivity index (χ3n) is 5.40. The zero-order chi connectivity index (χ0) is 16.7. The van der Waals surface area contributed by atoms with Crippen LogP contribution in [0.1, 0.15) is 72.1 Å². The molecule has 0 spiro atoms. The minimum atomic E-state index is -0.665. The molecule has 0 saturated heterocycles. The summed E-state index contributed by atoms with van der Waals surface area (Å²) in [7, 11) is -0.665. The summed E-state index contributed by atoms with van der Waals surface area (Å²) in [6.45, 7) is 8.32. The number of nitrogens with one attached hydrogen (secondary N) is 2. The first-order valence-corrected chi connectivity index (χ1v) is 10.9. The van der Waals surface area contributed by atoms with Crippen molar-refractivity contribution in [1.82, 2.24) is 10.6 Å². The Hall–Kier alpha value is -0.580. The normalized spacial score (nSPS) is 29.3. The first kappa shape index (κ1) is 18.8. The fraction of sp³-hybridized carbons (Fsp3) is 0.944. The molecule has 0 aromatic carbocycles. The van der Waals surface area contributed by atoms with Gasteiger partial charge in [-0.05, 0) is 44.4 Å². The first-order chi connectivity index (χ1) is 11.1. The molecule has 0 bridgehead atoms. The van der Waals surface area contributed by atoms with E-state index >= 15 is 0 Å². The van der Waals surface area contributed by atoms with Gasteiger partial charge in [-0.3, -0.25) is 9.20 Å². The zero-order valence-corrected chi connectivity index (χ0v) is 16.0. The van der Waals surface area contributed by atoms with Crippen LogP contribution < -0.4 is 10.6 Å². The average molecular weight is 342 g/mol. The van der Waals surface area contributed by atoms with Gasteiger partial charge in [0.05, 0.1) is 0 Å². The summed E-state index contributed by atoms with van der Waals surface area (Å²) >= 11 is 0. The second kappa shape index (κ2) is 9.05. The van der Waals surface area contributed by atoms with Crippen LogP contribution in [-0.2, 0) is 10.8 Å². The molecule has 0 radical (unpaired) electrons. The zero-order valence-electron chi connectivity index (χ0n) is 15.2. The van der Waals surface area contributed by atoms with Crippen LogP contribution in [0.4, 0.5) is 0 Å². The monoisotopic (exact) mass is 341 g/mol. The summed E-state index contributed by atoms with van der Waals surface area (Å²) in [6, 6.07) is 0.415. The quantitative estimate of drug-likeness (QED) is 0.576. The fourth-order valence-corrected chi connectivity index (χ4v) is 5.27. The molecule has 0 heterocycles. The number of rotatable bonds is 6. The number of nitrogens with zero attached hydrogens (tertiary/aromatic N) is 1. The number of hydrogen-bond donors (Lipinski definition) is 2. The highest BCUT2D eigenvalue weighted by Gasteiger charge is 2.29. The van der Waals surface area contributed by atoms with Crippen LogP contribution in [-0.4, -0.2) is 40.3 Å². The highest BCUT2D eigenvalue weighted by molar-refractivity contribution is 7.85. The van der Waals surface area contributed by atoms with Gasteiger partial charge in [0.1, 0.15) is 0 Å². The third-order valence-corrected chi connectivity index (χ3v) is 7.14. The molecule has 2 rings (SSSR count). The van der Waals surface area contributed by atoms with Crippen LogP contribution in [0.15, 0.2) is 4.99 Å². The maximum Gasteiger partial charge on any atom is 0.191 e. The molecule has 2 saturated carbocycles. The van der Waals surface area contributed by atoms with E-state index in [0.717, 1.165) is 37.6 Å². The Morgan fingerprint density at radius 1 is 1.22 bits per heavy atom. The van der Waals surface area contributed by atoms with E-state index in [1.54, 1.807) is 0 Å². The second-order valence-electron chi connectivity index (χ2n) is 7.51. The Bertz CT molecular complexity index is 418. The van der Waals surface area contributed by atoms with E-state index in [9.17, 15) is 4.21 Å². The largest absolute Gasteiger partial charge is 0.357 e. The Balaban J connectivity index is 1.91. The van der Waals surface area contributed by atoms with Crippen LogP contribution in [0.2, 0.25) is 0 Å². The van der Waals surface area contributed by atoms with E-state index in [2.05, 4.69) is 24.5 Å².